The second-order valence-corrected chi connectivity index (χ2v) is 10.7. The van der Waals surface area contributed by atoms with Gasteiger partial charge in [0.25, 0.3) is 0 Å². The van der Waals surface area contributed by atoms with Crippen LogP contribution in [0.2, 0.25) is 5.02 Å². The molecule has 0 radical (unpaired) electrons. The van der Waals surface area contributed by atoms with E-state index in [1.165, 1.54) is 61.4 Å². The van der Waals surface area contributed by atoms with Crippen molar-refractivity contribution in [2.75, 3.05) is 12.4 Å². The average Bonchev–Trinajstić information content (AvgIpc) is 3.69. The van der Waals surface area contributed by atoms with Crippen LogP contribution in [0, 0.1) is 5.82 Å². The van der Waals surface area contributed by atoms with Crippen LogP contribution < -0.4 is 15.8 Å². The maximum Gasteiger partial charge on any atom is 0.135 e. The molecule has 8 heteroatoms. The van der Waals surface area contributed by atoms with E-state index >= 15 is 0 Å². The molecular weight excluding hydrogens is 501 g/mol. The van der Waals surface area contributed by atoms with Crippen molar-refractivity contribution in [2.24, 2.45) is 10.7 Å². The summed E-state index contributed by atoms with van der Waals surface area (Å²) >= 11 is 6.28. The van der Waals surface area contributed by atoms with Gasteiger partial charge in [-0.25, -0.2) is 13.9 Å². The molecule has 2 aliphatic carbocycles. The van der Waals surface area contributed by atoms with Gasteiger partial charge in [0.1, 0.15) is 17.4 Å². The highest BCUT2D eigenvalue weighted by Crippen LogP contribution is 2.46. The van der Waals surface area contributed by atoms with Crippen LogP contribution in [0.5, 0.6) is 5.75 Å². The van der Waals surface area contributed by atoms with Crippen LogP contribution in [0.15, 0.2) is 59.9 Å². The predicted octanol–water partition coefficient (Wildman–Crippen LogP) is 7.46. The van der Waals surface area contributed by atoms with Gasteiger partial charge in [-0.05, 0) is 73.1 Å². The summed E-state index contributed by atoms with van der Waals surface area (Å²) in [6, 6.07) is 12.9. The van der Waals surface area contributed by atoms with Crippen LogP contribution in [-0.2, 0) is 0 Å². The molecule has 4 aromatic rings. The number of halogens is 2. The van der Waals surface area contributed by atoms with Crippen LogP contribution in [0.3, 0.4) is 0 Å². The standard InChI is InChI=1S/C30H31ClFN5O/c1-38-22-10-11-23(24(15-22)18-7-8-18)19-13-28-29(35-21-5-3-2-4-6-21)25(16-34-37(28)17-19)30(33)36-27-14-20(32)9-12-26(27)31/h9-18,21,35H,2-8H2,1H3,(H2,33,36). The minimum absolute atomic E-state index is 0.233. The number of nitrogens with zero attached hydrogens (tertiary/aromatic N) is 3. The second kappa shape index (κ2) is 10.3. The first kappa shape index (κ1) is 24.7. The summed E-state index contributed by atoms with van der Waals surface area (Å²) in [5.41, 5.74) is 12.9. The summed E-state index contributed by atoms with van der Waals surface area (Å²) < 4.78 is 21.3. The van der Waals surface area contributed by atoms with E-state index in [1.807, 2.05) is 10.6 Å². The molecule has 2 aromatic heterocycles. The molecule has 38 heavy (non-hydrogen) atoms. The lowest BCUT2D eigenvalue weighted by molar-refractivity contribution is 0.414. The first-order chi connectivity index (χ1) is 18.5. The Morgan fingerprint density at radius 2 is 1.92 bits per heavy atom. The maximum atomic E-state index is 13.9. The van der Waals surface area contributed by atoms with E-state index in [1.54, 1.807) is 13.3 Å². The van der Waals surface area contributed by atoms with Gasteiger partial charge < -0.3 is 15.8 Å². The van der Waals surface area contributed by atoms with E-state index in [4.69, 9.17) is 27.2 Å². The Kier molecular flexibility index (Phi) is 6.70. The van der Waals surface area contributed by atoms with E-state index < -0.39 is 5.82 Å². The molecule has 6 nitrogen and oxygen atoms in total. The van der Waals surface area contributed by atoms with Crippen LogP contribution in [0.1, 0.15) is 62.0 Å². The summed E-state index contributed by atoms with van der Waals surface area (Å²) in [6.45, 7) is 0. The molecule has 3 N–H and O–H groups in total. The van der Waals surface area contributed by atoms with Gasteiger partial charge in [0.05, 0.1) is 40.8 Å². The molecule has 0 unspecified atom stereocenters. The van der Waals surface area contributed by atoms with Gasteiger partial charge in [-0.2, -0.15) is 5.10 Å². The van der Waals surface area contributed by atoms with Crippen LogP contribution in [-0.4, -0.2) is 28.6 Å². The molecule has 6 rings (SSSR count). The number of fused-ring (bicyclic) bond motifs is 1. The quantitative estimate of drug-likeness (QED) is 0.192. The van der Waals surface area contributed by atoms with E-state index in [9.17, 15) is 4.39 Å². The van der Waals surface area contributed by atoms with Gasteiger partial charge in [-0.1, -0.05) is 36.9 Å². The topological polar surface area (TPSA) is 76.9 Å². The molecule has 0 atom stereocenters. The molecule has 2 fully saturated rings. The van der Waals surface area contributed by atoms with Crippen molar-refractivity contribution >= 4 is 34.3 Å². The van der Waals surface area contributed by atoms with Crippen molar-refractivity contribution in [2.45, 2.75) is 56.9 Å². The third kappa shape index (κ3) is 4.95. The zero-order chi connectivity index (χ0) is 26.2. The second-order valence-electron chi connectivity index (χ2n) is 10.3. The number of ether oxygens (including phenoxy) is 1. The van der Waals surface area contributed by atoms with Gasteiger partial charge in [0, 0.05) is 23.9 Å². The number of hydrogen-bond acceptors (Lipinski definition) is 4. The molecule has 0 aliphatic heterocycles. The number of nitrogens with one attached hydrogen (secondary N) is 1. The number of methoxy groups -OCH3 is 1. The maximum absolute atomic E-state index is 13.9. The summed E-state index contributed by atoms with van der Waals surface area (Å²) in [6.07, 6.45) is 12.0. The summed E-state index contributed by atoms with van der Waals surface area (Å²) in [5.74, 6) is 1.25. The van der Waals surface area contributed by atoms with Gasteiger partial charge in [0.15, 0.2) is 0 Å². The van der Waals surface area contributed by atoms with Gasteiger partial charge in [-0.15, -0.1) is 0 Å². The number of nitrogens with two attached hydrogens (primary N) is 1. The molecule has 0 saturated heterocycles. The Labute approximate surface area is 226 Å². The van der Waals surface area contributed by atoms with Crippen LogP contribution in [0.25, 0.3) is 16.6 Å². The molecule has 0 amide bonds. The predicted molar refractivity (Wildman–Crippen MR) is 151 cm³/mol. The Bertz CT molecular complexity index is 1520. The molecule has 0 spiro atoms. The smallest absolute Gasteiger partial charge is 0.135 e. The Hall–Kier alpha value is -3.58. The SMILES string of the molecule is COc1ccc(-c2cc3c(NC4CCCCC4)c(C(N)=Nc4cc(F)ccc4Cl)cnn3c2)c(C2CC2)c1. The van der Waals surface area contributed by atoms with Crippen molar-refractivity contribution in [1.82, 2.24) is 9.61 Å². The molecular formula is C30H31ClFN5O. The van der Waals surface area contributed by atoms with E-state index in [0.29, 0.717) is 22.5 Å². The number of benzene rings is 2. The van der Waals surface area contributed by atoms with Crippen LogP contribution in [0.4, 0.5) is 15.8 Å². The fraction of sp³-hybridized carbons (Fsp3) is 0.333. The number of aliphatic imine (C=N–C) groups is 1. The first-order valence-electron chi connectivity index (χ1n) is 13.3. The molecule has 2 heterocycles. The third-order valence-corrected chi connectivity index (χ3v) is 7.92. The fourth-order valence-electron chi connectivity index (χ4n) is 5.43. The fourth-order valence-corrected chi connectivity index (χ4v) is 5.59. The summed E-state index contributed by atoms with van der Waals surface area (Å²) in [5, 5.41) is 8.80. The molecule has 2 aromatic carbocycles. The lowest BCUT2D eigenvalue weighted by Gasteiger charge is -2.25. The van der Waals surface area contributed by atoms with Crippen molar-refractivity contribution in [3.8, 4) is 16.9 Å². The number of hydrogen-bond donors (Lipinski definition) is 2. The summed E-state index contributed by atoms with van der Waals surface area (Å²) in [4.78, 5) is 4.50. The highest BCUT2D eigenvalue weighted by atomic mass is 35.5. The highest BCUT2D eigenvalue weighted by molar-refractivity contribution is 6.33. The molecule has 2 aliphatic rings. The Morgan fingerprint density at radius 3 is 2.68 bits per heavy atom. The number of aromatic nitrogens is 2. The normalized spacial score (nSPS) is 16.7. The Morgan fingerprint density at radius 1 is 1.11 bits per heavy atom. The molecule has 196 valence electrons. The summed E-state index contributed by atoms with van der Waals surface area (Å²) in [7, 11) is 1.70. The zero-order valence-corrected chi connectivity index (χ0v) is 22.1. The van der Waals surface area contributed by atoms with E-state index in [-0.39, 0.29) is 11.5 Å². The molecule has 2 saturated carbocycles. The molecule has 0 bridgehead atoms. The Balaban J connectivity index is 1.47. The average molecular weight is 532 g/mol. The minimum Gasteiger partial charge on any atom is -0.497 e. The van der Waals surface area contributed by atoms with E-state index in [2.05, 4.69) is 34.7 Å². The van der Waals surface area contributed by atoms with Gasteiger partial charge in [-0.3, -0.25) is 0 Å². The van der Waals surface area contributed by atoms with Gasteiger partial charge >= 0.3 is 0 Å². The van der Waals surface area contributed by atoms with Crippen LogP contribution >= 0.6 is 11.6 Å². The number of amidine groups is 1. The van der Waals surface area contributed by atoms with Crippen molar-refractivity contribution in [1.29, 1.82) is 0 Å². The largest absolute Gasteiger partial charge is 0.497 e. The monoisotopic (exact) mass is 531 g/mol. The lowest BCUT2D eigenvalue weighted by atomic mass is 9.95. The lowest BCUT2D eigenvalue weighted by Crippen LogP contribution is -2.25. The zero-order valence-electron chi connectivity index (χ0n) is 21.4. The van der Waals surface area contributed by atoms with Gasteiger partial charge in [0.2, 0.25) is 0 Å². The highest BCUT2D eigenvalue weighted by Gasteiger charge is 2.28. The third-order valence-electron chi connectivity index (χ3n) is 7.60. The van der Waals surface area contributed by atoms with Crippen molar-refractivity contribution < 1.29 is 9.13 Å². The number of anilines is 1. The van der Waals surface area contributed by atoms with Crippen molar-refractivity contribution in [3.05, 3.63) is 76.8 Å². The van der Waals surface area contributed by atoms with E-state index in [0.717, 1.165) is 35.4 Å². The first-order valence-corrected chi connectivity index (χ1v) is 13.6. The van der Waals surface area contributed by atoms with Crippen molar-refractivity contribution in [3.63, 3.8) is 0 Å². The number of rotatable bonds is 7. The minimum atomic E-state index is -0.419.